The van der Waals surface area contributed by atoms with Crippen molar-refractivity contribution < 1.29 is 18.3 Å². The van der Waals surface area contributed by atoms with E-state index in [1.54, 1.807) is 15.2 Å². The molecule has 1 saturated heterocycles. The quantitative estimate of drug-likeness (QED) is 0.839. The monoisotopic (exact) mass is 315 g/mol. The zero-order chi connectivity index (χ0) is 14.9. The second-order valence-electron chi connectivity index (χ2n) is 5.54. The third-order valence-electron chi connectivity index (χ3n) is 4.19. The van der Waals surface area contributed by atoms with Crippen LogP contribution in [0.2, 0.25) is 0 Å². The summed E-state index contributed by atoms with van der Waals surface area (Å²) in [5, 5.41) is 12.9. The highest BCUT2D eigenvalue weighted by Gasteiger charge is 2.42. The number of fused-ring (bicyclic) bond motifs is 1. The normalized spacial score (nSPS) is 26.9. The summed E-state index contributed by atoms with van der Waals surface area (Å²) in [6.45, 7) is 1.45. The van der Waals surface area contributed by atoms with Crippen LogP contribution >= 0.6 is 0 Å². The molecule has 1 aromatic rings. The van der Waals surface area contributed by atoms with E-state index in [0.717, 1.165) is 19.3 Å². The summed E-state index contributed by atoms with van der Waals surface area (Å²) in [4.78, 5) is 0.230. The van der Waals surface area contributed by atoms with Crippen LogP contribution in [0.1, 0.15) is 25.7 Å². The lowest BCUT2D eigenvalue weighted by Crippen LogP contribution is -2.51. The summed E-state index contributed by atoms with van der Waals surface area (Å²) in [7, 11) is -3.51. The minimum absolute atomic E-state index is 0.0375. The summed E-state index contributed by atoms with van der Waals surface area (Å²) in [6.07, 6.45) is 6.35. The van der Waals surface area contributed by atoms with E-state index in [0.29, 0.717) is 26.1 Å². The van der Waals surface area contributed by atoms with Crippen molar-refractivity contribution in [3.63, 3.8) is 0 Å². The minimum Gasteiger partial charge on any atom is -0.396 e. The van der Waals surface area contributed by atoms with Crippen LogP contribution in [-0.2, 0) is 21.3 Å². The highest BCUT2D eigenvalue weighted by molar-refractivity contribution is 7.89. The Morgan fingerprint density at radius 2 is 2.29 bits per heavy atom. The number of ether oxygens (including phenoxy) is 1. The molecular formula is C13H21N3O4S. The number of nitrogens with zero attached hydrogens (tertiary/aromatic N) is 3. The second kappa shape index (κ2) is 6.04. The van der Waals surface area contributed by atoms with Gasteiger partial charge in [-0.2, -0.15) is 9.40 Å². The lowest BCUT2D eigenvalue weighted by Gasteiger charge is -2.36. The molecule has 1 aliphatic heterocycles. The van der Waals surface area contributed by atoms with Gasteiger partial charge in [-0.15, -0.1) is 0 Å². The summed E-state index contributed by atoms with van der Waals surface area (Å²) in [6, 6.07) is -0.0375. The molecule has 8 heteroatoms. The standard InChI is InChI=1S/C13H21N3O4S/c17-7-2-5-15-10-11(9-14-15)21(18,19)16-6-8-20-13-4-1-3-12(13)16/h9-10,12-13,17H,1-8H2. The maximum atomic E-state index is 12.8. The molecule has 1 saturated carbocycles. The average molecular weight is 315 g/mol. The molecule has 3 rings (SSSR count). The summed E-state index contributed by atoms with van der Waals surface area (Å²) >= 11 is 0. The van der Waals surface area contributed by atoms with Gasteiger partial charge in [0, 0.05) is 25.9 Å². The number of morpholine rings is 1. The summed E-state index contributed by atoms with van der Waals surface area (Å²) < 4.78 is 34.4. The van der Waals surface area contributed by atoms with Crippen molar-refractivity contribution in [1.29, 1.82) is 0 Å². The molecule has 7 nitrogen and oxygen atoms in total. The van der Waals surface area contributed by atoms with E-state index in [2.05, 4.69) is 5.10 Å². The average Bonchev–Trinajstić information content (AvgIpc) is 3.13. The molecule has 1 N–H and O–H groups in total. The third-order valence-corrected chi connectivity index (χ3v) is 6.07. The van der Waals surface area contributed by atoms with Crippen LogP contribution < -0.4 is 0 Å². The van der Waals surface area contributed by atoms with Gasteiger partial charge in [0.2, 0.25) is 10.0 Å². The first-order chi connectivity index (χ1) is 10.1. The van der Waals surface area contributed by atoms with Crippen LogP contribution in [-0.4, -0.2) is 59.5 Å². The zero-order valence-electron chi connectivity index (χ0n) is 11.9. The second-order valence-corrected chi connectivity index (χ2v) is 7.43. The highest BCUT2D eigenvalue weighted by Crippen LogP contribution is 2.33. The molecular weight excluding hydrogens is 294 g/mol. The van der Waals surface area contributed by atoms with E-state index >= 15 is 0 Å². The molecule has 0 bridgehead atoms. The maximum Gasteiger partial charge on any atom is 0.246 e. The van der Waals surface area contributed by atoms with E-state index in [-0.39, 0.29) is 23.6 Å². The Morgan fingerprint density at radius 3 is 3.10 bits per heavy atom. The molecule has 0 amide bonds. The Kier molecular flexibility index (Phi) is 4.30. The largest absolute Gasteiger partial charge is 0.396 e. The maximum absolute atomic E-state index is 12.8. The number of aromatic nitrogens is 2. The SMILES string of the molecule is O=S(=O)(c1cnn(CCCO)c1)N1CCOC2CCCC21. The molecule has 2 unspecified atom stereocenters. The van der Waals surface area contributed by atoms with E-state index in [1.807, 2.05) is 0 Å². The van der Waals surface area contributed by atoms with Gasteiger partial charge >= 0.3 is 0 Å². The first-order valence-corrected chi connectivity index (χ1v) is 8.83. The van der Waals surface area contributed by atoms with Crippen molar-refractivity contribution >= 4 is 10.0 Å². The van der Waals surface area contributed by atoms with E-state index in [4.69, 9.17) is 9.84 Å². The molecule has 118 valence electrons. The predicted molar refractivity (Wildman–Crippen MR) is 75.2 cm³/mol. The molecule has 2 aliphatic rings. The van der Waals surface area contributed by atoms with E-state index in [1.165, 1.54) is 6.20 Å². The number of aliphatic hydroxyl groups excluding tert-OH is 1. The molecule has 0 aromatic carbocycles. The van der Waals surface area contributed by atoms with Crippen molar-refractivity contribution in [1.82, 2.24) is 14.1 Å². The van der Waals surface area contributed by atoms with Gasteiger partial charge in [-0.05, 0) is 25.7 Å². The number of hydrogen-bond acceptors (Lipinski definition) is 5. The molecule has 2 atom stereocenters. The van der Waals surface area contributed by atoms with Crippen molar-refractivity contribution in [3.8, 4) is 0 Å². The number of aryl methyl sites for hydroxylation is 1. The molecule has 2 heterocycles. The molecule has 1 aliphatic carbocycles. The van der Waals surface area contributed by atoms with Gasteiger partial charge in [0.25, 0.3) is 0 Å². The Morgan fingerprint density at radius 1 is 1.43 bits per heavy atom. The highest BCUT2D eigenvalue weighted by atomic mass is 32.2. The molecule has 2 fully saturated rings. The van der Waals surface area contributed by atoms with Crippen molar-refractivity contribution in [3.05, 3.63) is 12.4 Å². The van der Waals surface area contributed by atoms with Crippen LogP contribution in [0.5, 0.6) is 0 Å². The van der Waals surface area contributed by atoms with Gasteiger partial charge in [0.15, 0.2) is 0 Å². The summed E-state index contributed by atoms with van der Waals surface area (Å²) in [5.74, 6) is 0. The van der Waals surface area contributed by atoms with Crippen LogP contribution in [0.25, 0.3) is 0 Å². The fourth-order valence-electron chi connectivity index (χ4n) is 3.16. The van der Waals surface area contributed by atoms with E-state index < -0.39 is 10.0 Å². The predicted octanol–water partition coefficient (Wildman–Crippen LogP) is 0.207. The smallest absolute Gasteiger partial charge is 0.246 e. The van der Waals surface area contributed by atoms with Gasteiger partial charge in [0.05, 0.1) is 24.9 Å². The number of rotatable bonds is 5. The van der Waals surface area contributed by atoms with E-state index in [9.17, 15) is 8.42 Å². The Labute approximate surface area is 124 Å². The van der Waals surface area contributed by atoms with Gasteiger partial charge in [-0.3, -0.25) is 4.68 Å². The lowest BCUT2D eigenvalue weighted by atomic mass is 10.2. The summed E-state index contributed by atoms with van der Waals surface area (Å²) in [5.41, 5.74) is 0. The lowest BCUT2D eigenvalue weighted by molar-refractivity contribution is -0.0241. The van der Waals surface area contributed by atoms with Crippen LogP contribution in [0.3, 0.4) is 0 Å². The molecule has 1 aromatic heterocycles. The number of sulfonamides is 1. The molecule has 0 radical (unpaired) electrons. The molecule has 21 heavy (non-hydrogen) atoms. The van der Waals surface area contributed by atoms with Gasteiger partial charge in [-0.1, -0.05) is 0 Å². The van der Waals surface area contributed by atoms with Crippen molar-refractivity contribution in [2.24, 2.45) is 0 Å². The Balaban J connectivity index is 1.80. The third kappa shape index (κ3) is 2.85. The van der Waals surface area contributed by atoms with Crippen molar-refractivity contribution in [2.75, 3.05) is 19.8 Å². The topological polar surface area (TPSA) is 84.7 Å². The van der Waals surface area contributed by atoms with Crippen molar-refractivity contribution in [2.45, 2.75) is 49.3 Å². The fraction of sp³-hybridized carbons (Fsp3) is 0.769. The Bertz CT molecular complexity index is 586. The van der Waals surface area contributed by atoms with Gasteiger partial charge < -0.3 is 9.84 Å². The van der Waals surface area contributed by atoms with Gasteiger partial charge in [-0.25, -0.2) is 8.42 Å². The first kappa shape index (κ1) is 15.0. The van der Waals surface area contributed by atoms with Crippen LogP contribution in [0.15, 0.2) is 17.3 Å². The van der Waals surface area contributed by atoms with Crippen LogP contribution in [0.4, 0.5) is 0 Å². The zero-order valence-corrected chi connectivity index (χ0v) is 12.7. The first-order valence-electron chi connectivity index (χ1n) is 7.39. The minimum atomic E-state index is -3.51. The number of aliphatic hydroxyl groups is 1. The number of hydrogen-bond donors (Lipinski definition) is 1. The fourth-order valence-corrected chi connectivity index (χ4v) is 4.78. The van der Waals surface area contributed by atoms with Crippen LogP contribution in [0, 0.1) is 0 Å². The molecule has 0 spiro atoms. The Hall–Kier alpha value is -0.960. The van der Waals surface area contributed by atoms with Gasteiger partial charge in [0.1, 0.15) is 4.90 Å².